The van der Waals surface area contributed by atoms with Gasteiger partial charge in [-0.15, -0.1) is 0 Å². The summed E-state index contributed by atoms with van der Waals surface area (Å²) < 4.78 is 2.49. The first-order chi connectivity index (χ1) is 19.5. The molecule has 5 N–H and O–H groups in total. The summed E-state index contributed by atoms with van der Waals surface area (Å²) in [6, 6.07) is 17.2. The Hall–Kier alpha value is -4.86. The van der Waals surface area contributed by atoms with Crippen molar-refractivity contribution in [2.24, 2.45) is 5.73 Å². The Labute approximate surface area is 239 Å². The molecule has 0 aliphatic carbocycles. The molecule has 2 aromatic heterocycles. The first kappa shape index (κ1) is 29.1. The van der Waals surface area contributed by atoms with E-state index in [4.69, 9.17) is 10.8 Å². The summed E-state index contributed by atoms with van der Waals surface area (Å²) in [7, 11) is 0. The van der Waals surface area contributed by atoms with Gasteiger partial charge in [-0.1, -0.05) is 45.0 Å². The lowest BCUT2D eigenvalue weighted by molar-refractivity contribution is -0.604. The molecule has 0 unspecified atom stereocenters. The van der Waals surface area contributed by atoms with E-state index in [0.29, 0.717) is 24.2 Å². The number of amides is 2. The Morgan fingerprint density at radius 2 is 1.80 bits per heavy atom. The van der Waals surface area contributed by atoms with Crippen molar-refractivity contribution in [2.45, 2.75) is 51.5 Å². The zero-order chi connectivity index (χ0) is 29.6. The van der Waals surface area contributed by atoms with Crippen molar-refractivity contribution in [2.75, 3.05) is 11.9 Å². The molecule has 2 aromatic carbocycles. The largest absolute Gasteiger partial charge is 0.619 e. The number of nitrogens with one attached hydrogen (secondary N) is 2. The molecule has 0 fully saturated rings. The Morgan fingerprint density at radius 3 is 2.44 bits per heavy atom. The monoisotopic (exact) mass is 556 g/mol. The normalized spacial score (nSPS) is 12.1. The van der Waals surface area contributed by atoms with Crippen molar-refractivity contribution < 1.29 is 19.4 Å². The van der Waals surface area contributed by atoms with Gasteiger partial charge in [0.1, 0.15) is 17.5 Å². The van der Waals surface area contributed by atoms with Gasteiger partial charge in [0.25, 0.3) is 0 Å². The Kier molecular flexibility index (Phi) is 8.91. The van der Waals surface area contributed by atoms with Gasteiger partial charge < -0.3 is 26.7 Å². The van der Waals surface area contributed by atoms with Crippen molar-refractivity contribution >= 4 is 17.5 Å². The predicted octanol–water partition coefficient (Wildman–Crippen LogP) is 3.58. The maximum atomic E-state index is 12.6. The second kappa shape index (κ2) is 12.5. The molecular formula is C31H36N6O4. The van der Waals surface area contributed by atoms with Crippen molar-refractivity contribution in [3.05, 3.63) is 95.6 Å². The first-order valence-electron chi connectivity index (χ1n) is 13.5. The zero-order valence-electron chi connectivity index (χ0n) is 23.5. The van der Waals surface area contributed by atoms with E-state index in [1.165, 1.54) is 30.1 Å². The van der Waals surface area contributed by atoms with E-state index in [1.807, 2.05) is 24.4 Å². The number of hydrogen-bond acceptors (Lipinski definition) is 6. The smallest absolute Gasteiger partial charge is 0.240 e. The number of rotatable bonds is 11. The zero-order valence-corrected chi connectivity index (χ0v) is 23.5. The predicted molar refractivity (Wildman–Crippen MR) is 157 cm³/mol. The molecule has 0 bridgehead atoms. The fourth-order valence-electron chi connectivity index (χ4n) is 4.39. The molecule has 0 saturated heterocycles. The molecule has 0 aliphatic heterocycles. The lowest BCUT2D eigenvalue weighted by atomic mass is 9.87. The number of nitrogens with two attached hydrogens (primary N) is 1. The van der Waals surface area contributed by atoms with Crippen LogP contribution in [-0.2, 0) is 21.4 Å². The van der Waals surface area contributed by atoms with Crippen LogP contribution in [0.25, 0.3) is 16.9 Å². The Bertz CT molecular complexity index is 1490. The van der Waals surface area contributed by atoms with E-state index in [2.05, 4.69) is 43.5 Å². The van der Waals surface area contributed by atoms with E-state index >= 15 is 0 Å². The van der Waals surface area contributed by atoms with Crippen LogP contribution in [0, 0.1) is 5.21 Å². The van der Waals surface area contributed by atoms with E-state index in [9.17, 15) is 19.9 Å². The molecule has 10 heteroatoms. The molecule has 4 aromatic rings. The number of phenols is 1. The highest BCUT2D eigenvalue weighted by Gasteiger charge is 2.19. The van der Waals surface area contributed by atoms with Crippen LogP contribution in [-0.4, -0.2) is 39.3 Å². The number of primary amides is 1. The summed E-state index contributed by atoms with van der Waals surface area (Å²) in [5.74, 6) is -0.803. The van der Waals surface area contributed by atoms with Crippen LogP contribution in [0.4, 0.5) is 5.69 Å². The Morgan fingerprint density at radius 1 is 1.10 bits per heavy atom. The molecule has 0 spiro atoms. The van der Waals surface area contributed by atoms with Crippen molar-refractivity contribution in [1.82, 2.24) is 15.1 Å². The Balaban J connectivity index is 1.41. The molecule has 41 heavy (non-hydrogen) atoms. The number of carbonyl (C=O) groups is 2. The highest BCUT2D eigenvalue weighted by molar-refractivity contribution is 5.86. The molecule has 0 saturated carbocycles. The van der Waals surface area contributed by atoms with Gasteiger partial charge in [0.2, 0.25) is 11.8 Å². The van der Waals surface area contributed by atoms with E-state index < -0.39 is 11.9 Å². The number of phenolic OH excluding ortho intramolecular Hbond substituents is 1. The van der Waals surface area contributed by atoms with Crippen LogP contribution >= 0.6 is 0 Å². The fraction of sp³-hybridized carbons (Fsp3) is 0.290. The molecule has 1 atom stereocenters. The van der Waals surface area contributed by atoms with Crippen LogP contribution < -0.4 is 21.1 Å². The number of carbonyl (C=O) groups excluding carboxylic acids is 2. The summed E-state index contributed by atoms with van der Waals surface area (Å²) in [5, 5.41) is 32.2. The highest BCUT2D eigenvalue weighted by Crippen LogP contribution is 2.28. The van der Waals surface area contributed by atoms with Gasteiger partial charge >= 0.3 is 0 Å². The minimum absolute atomic E-state index is 0.0294. The maximum Gasteiger partial charge on any atom is 0.240 e. The summed E-state index contributed by atoms with van der Waals surface area (Å²) in [5.41, 5.74) is 10.4. The molecule has 4 rings (SSSR count). The molecular weight excluding hydrogens is 520 g/mol. The van der Waals surface area contributed by atoms with Gasteiger partial charge in [0.15, 0.2) is 12.4 Å². The van der Waals surface area contributed by atoms with Crippen LogP contribution in [0.5, 0.6) is 5.75 Å². The van der Waals surface area contributed by atoms with Crippen molar-refractivity contribution in [3.63, 3.8) is 0 Å². The standard InChI is InChI=1S/C31H36N6O4/c1-31(2,3)23-10-12-24(13-11-23)37-20-27(29(35-37)22-6-5-17-36(41)19-22)33-16-4-7-28(39)34-26(30(32)40)18-21-8-14-25(38)15-9-21/h5-6,8-15,17,19-20,26,33,38H,4,7,16,18H2,1-3H3,(H2,32,40)(H,34,39)/t26-/m0/s1. The molecule has 10 nitrogen and oxygen atoms in total. The van der Waals surface area contributed by atoms with E-state index in [0.717, 1.165) is 21.7 Å². The second-order valence-electron chi connectivity index (χ2n) is 11.0. The number of hydrogen-bond donors (Lipinski definition) is 4. The number of anilines is 1. The summed E-state index contributed by atoms with van der Waals surface area (Å²) in [4.78, 5) is 24.5. The third-order valence-electron chi connectivity index (χ3n) is 6.71. The number of benzene rings is 2. The summed E-state index contributed by atoms with van der Waals surface area (Å²) >= 11 is 0. The molecule has 0 radical (unpaired) electrons. The third-order valence-corrected chi connectivity index (χ3v) is 6.71. The number of aromatic nitrogens is 3. The second-order valence-corrected chi connectivity index (χ2v) is 11.0. The molecule has 214 valence electrons. The highest BCUT2D eigenvalue weighted by atomic mass is 16.5. The first-order valence-corrected chi connectivity index (χ1v) is 13.5. The van der Waals surface area contributed by atoms with Gasteiger partial charge in [-0.3, -0.25) is 9.59 Å². The van der Waals surface area contributed by atoms with Gasteiger partial charge in [0, 0.05) is 25.5 Å². The van der Waals surface area contributed by atoms with Crippen LogP contribution in [0.3, 0.4) is 0 Å². The number of aromatic hydroxyl groups is 1. The van der Waals surface area contributed by atoms with Gasteiger partial charge in [-0.05, 0) is 53.3 Å². The minimum atomic E-state index is -0.855. The fourth-order valence-corrected chi connectivity index (χ4v) is 4.39. The lowest BCUT2D eigenvalue weighted by Gasteiger charge is -2.19. The van der Waals surface area contributed by atoms with Crippen LogP contribution in [0.2, 0.25) is 0 Å². The summed E-state index contributed by atoms with van der Waals surface area (Å²) in [6.07, 6.45) is 5.64. The van der Waals surface area contributed by atoms with Crippen molar-refractivity contribution in [3.8, 4) is 22.7 Å². The van der Waals surface area contributed by atoms with Crippen LogP contribution in [0.1, 0.15) is 44.7 Å². The van der Waals surface area contributed by atoms with Gasteiger partial charge in [-0.25, -0.2) is 4.68 Å². The van der Waals surface area contributed by atoms with Crippen LogP contribution in [0.15, 0.2) is 79.3 Å². The average molecular weight is 557 g/mol. The third kappa shape index (κ3) is 7.84. The topological polar surface area (TPSA) is 149 Å². The van der Waals surface area contributed by atoms with E-state index in [1.54, 1.807) is 22.9 Å². The molecule has 2 heterocycles. The minimum Gasteiger partial charge on any atom is -0.619 e. The maximum absolute atomic E-state index is 12.6. The lowest BCUT2D eigenvalue weighted by Crippen LogP contribution is -2.45. The molecule has 0 aliphatic rings. The average Bonchev–Trinajstić information content (AvgIpc) is 3.36. The number of nitrogens with zero attached hydrogens (tertiary/aromatic N) is 3. The van der Waals surface area contributed by atoms with Gasteiger partial charge in [-0.2, -0.15) is 9.83 Å². The summed E-state index contributed by atoms with van der Waals surface area (Å²) in [6.45, 7) is 6.94. The number of pyridine rings is 1. The van der Waals surface area contributed by atoms with Crippen molar-refractivity contribution in [1.29, 1.82) is 0 Å². The SMILES string of the molecule is CC(C)(C)c1ccc(-n2cc(NCCCC(=O)N[C@@H](Cc3ccc(O)cc3)C(N)=O)c(-c3ccc[n+]([O-])c3)n2)cc1. The molecule has 2 amide bonds. The van der Waals surface area contributed by atoms with E-state index in [-0.39, 0.29) is 29.9 Å². The quantitative estimate of drug-likeness (QED) is 0.126. The van der Waals surface area contributed by atoms with Gasteiger partial charge in [0.05, 0.1) is 23.1 Å².